The molecule has 1 atom stereocenters. The maximum atomic E-state index is 10.1. The van der Waals surface area contributed by atoms with Gasteiger partial charge in [-0.25, -0.2) is 9.90 Å². The quantitative estimate of drug-likeness (QED) is 0.556. The zero-order chi connectivity index (χ0) is 6.85. The SMILES string of the molecule is [O]C(=O)C1=CC=CS1=S. The van der Waals surface area contributed by atoms with E-state index < -0.39 is 15.4 Å². The van der Waals surface area contributed by atoms with Crippen LogP contribution in [0.25, 0.3) is 0 Å². The highest BCUT2D eigenvalue weighted by molar-refractivity contribution is 8.33. The molecule has 0 saturated carbocycles. The van der Waals surface area contributed by atoms with Crippen LogP contribution in [0.5, 0.6) is 0 Å². The minimum atomic E-state index is -1.15. The molecule has 47 valence electrons. The molecule has 1 unspecified atom stereocenters. The summed E-state index contributed by atoms with van der Waals surface area (Å²) in [6.07, 6.45) is 3.12. The minimum Gasteiger partial charge on any atom is -0.241 e. The molecule has 0 aromatic heterocycles. The van der Waals surface area contributed by atoms with E-state index in [1.54, 1.807) is 11.5 Å². The van der Waals surface area contributed by atoms with Crippen LogP contribution in [0.4, 0.5) is 0 Å². The first-order chi connectivity index (χ1) is 4.22. The summed E-state index contributed by atoms with van der Waals surface area (Å²) in [5.41, 5.74) is 0. The van der Waals surface area contributed by atoms with Gasteiger partial charge in [0.05, 0.1) is 0 Å². The molecule has 0 bridgehead atoms. The van der Waals surface area contributed by atoms with E-state index in [0.717, 1.165) is 0 Å². The van der Waals surface area contributed by atoms with Gasteiger partial charge < -0.3 is 0 Å². The molecule has 0 fully saturated rings. The van der Waals surface area contributed by atoms with E-state index in [4.69, 9.17) is 11.2 Å². The van der Waals surface area contributed by atoms with Crippen molar-refractivity contribution in [2.45, 2.75) is 0 Å². The van der Waals surface area contributed by atoms with Crippen LogP contribution in [0.3, 0.4) is 0 Å². The molecule has 0 amide bonds. The van der Waals surface area contributed by atoms with Crippen molar-refractivity contribution >= 4 is 26.6 Å². The van der Waals surface area contributed by atoms with Crippen molar-refractivity contribution in [2.75, 3.05) is 0 Å². The fourth-order valence-corrected chi connectivity index (χ4v) is 1.80. The smallest absolute Gasteiger partial charge is 0.241 e. The topological polar surface area (TPSA) is 37.0 Å². The van der Waals surface area contributed by atoms with E-state index in [2.05, 4.69) is 0 Å². The first-order valence-electron chi connectivity index (χ1n) is 2.22. The standard InChI is InChI=1S/C5H3O2S2/c6-5(7)4-2-1-3-9(4)8/h1-3H. The van der Waals surface area contributed by atoms with Crippen molar-refractivity contribution in [1.29, 1.82) is 0 Å². The Kier molecular flexibility index (Phi) is 1.78. The van der Waals surface area contributed by atoms with Gasteiger partial charge in [0.1, 0.15) is 4.91 Å². The van der Waals surface area contributed by atoms with Gasteiger partial charge in [0.25, 0.3) is 0 Å². The first kappa shape index (κ1) is 6.64. The summed E-state index contributed by atoms with van der Waals surface area (Å²) in [7, 11) is -0.639. The Bertz CT molecular complexity index is 227. The molecule has 4 heteroatoms. The van der Waals surface area contributed by atoms with Crippen LogP contribution in [0.15, 0.2) is 22.5 Å². The number of carbonyl (C=O) groups excluding carboxylic acids is 1. The normalized spacial score (nSPS) is 24.0. The molecular formula is C5H3O2S2. The second kappa shape index (κ2) is 2.41. The van der Waals surface area contributed by atoms with Crippen LogP contribution in [0.1, 0.15) is 0 Å². The zero-order valence-electron chi connectivity index (χ0n) is 4.37. The second-order valence-electron chi connectivity index (χ2n) is 1.44. The predicted molar refractivity (Wildman–Crippen MR) is 37.6 cm³/mol. The van der Waals surface area contributed by atoms with Crippen molar-refractivity contribution in [3.63, 3.8) is 0 Å². The molecule has 1 aliphatic rings. The van der Waals surface area contributed by atoms with Crippen LogP contribution in [-0.2, 0) is 30.5 Å². The van der Waals surface area contributed by atoms with Crippen LogP contribution < -0.4 is 0 Å². The third kappa shape index (κ3) is 1.25. The molecule has 0 aromatic rings. The third-order valence-electron chi connectivity index (χ3n) is 0.868. The first-order valence-corrected chi connectivity index (χ1v) is 4.43. The Balaban J connectivity index is 2.88. The number of hydrogen-bond acceptors (Lipinski definition) is 2. The average molecular weight is 159 g/mol. The number of carbonyl (C=O) groups is 1. The summed E-state index contributed by atoms with van der Waals surface area (Å²) in [5, 5.41) is 11.8. The lowest BCUT2D eigenvalue weighted by molar-refractivity contribution is -0.137. The van der Waals surface area contributed by atoms with Crippen molar-refractivity contribution in [3.8, 4) is 0 Å². The number of hydrogen-bond donors (Lipinski definition) is 0. The molecule has 1 radical (unpaired) electrons. The maximum absolute atomic E-state index is 10.1. The fourth-order valence-electron chi connectivity index (χ4n) is 0.489. The Labute approximate surface area is 59.5 Å². The Morgan fingerprint density at radius 3 is 2.56 bits per heavy atom. The summed E-state index contributed by atoms with van der Waals surface area (Å²) < 4.78 is 0. The van der Waals surface area contributed by atoms with Gasteiger partial charge in [0.15, 0.2) is 0 Å². The van der Waals surface area contributed by atoms with E-state index in [1.165, 1.54) is 6.08 Å². The Morgan fingerprint density at radius 1 is 1.67 bits per heavy atom. The van der Waals surface area contributed by atoms with Crippen molar-refractivity contribution in [2.24, 2.45) is 0 Å². The fraction of sp³-hybridized carbons (Fsp3) is 0. The van der Waals surface area contributed by atoms with Gasteiger partial charge in [-0.3, -0.25) is 0 Å². The van der Waals surface area contributed by atoms with Crippen LogP contribution in [0, 0.1) is 0 Å². The third-order valence-corrected chi connectivity index (χ3v) is 2.88. The molecule has 0 aromatic carbocycles. The number of rotatable bonds is 1. The van der Waals surface area contributed by atoms with Gasteiger partial charge in [0, 0.05) is 0 Å². The molecule has 0 saturated heterocycles. The molecule has 0 spiro atoms. The van der Waals surface area contributed by atoms with E-state index in [0.29, 0.717) is 0 Å². The van der Waals surface area contributed by atoms with Gasteiger partial charge in [-0.2, -0.15) is 0 Å². The lowest BCUT2D eigenvalue weighted by Crippen LogP contribution is -1.98. The largest absolute Gasteiger partial charge is 0.393 e. The summed E-state index contributed by atoms with van der Waals surface area (Å²) in [6.45, 7) is 0. The van der Waals surface area contributed by atoms with Gasteiger partial charge in [-0.15, -0.1) is 0 Å². The summed E-state index contributed by atoms with van der Waals surface area (Å²) >= 11 is 4.75. The maximum Gasteiger partial charge on any atom is 0.393 e. The van der Waals surface area contributed by atoms with Crippen LogP contribution in [-0.4, -0.2) is 5.97 Å². The monoisotopic (exact) mass is 159 g/mol. The highest BCUT2D eigenvalue weighted by Gasteiger charge is 2.13. The Morgan fingerprint density at radius 2 is 2.33 bits per heavy atom. The molecule has 0 N–H and O–H groups in total. The van der Waals surface area contributed by atoms with Crippen molar-refractivity contribution in [1.82, 2.24) is 0 Å². The molecule has 1 heterocycles. The summed E-state index contributed by atoms with van der Waals surface area (Å²) in [4.78, 5) is 10.3. The number of allylic oxidation sites excluding steroid dienone is 2. The highest BCUT2D eigenvalue weighted by Crippen LogP contribution is 2.11. The second-order valence-corrected chi connectivity index (χ2v) is 3.83. The molecular weight excluding hydrogens is 156 g/mol. The predicted octanol–water partition coefficient (Wildman–Crippen LogP) is 0.435. The molecule has 2 nitrogen and oxygen atoms in total. The van der Waals surface area contributed by atoms with Gasteiger partial charge >= 0.3 is 5.97 Å². The molecule has 0 aliphatic carbocycles. The van der Waals surface area contributed by atoms with Gasteiger partial charge in [-0.1, -0.05) is 15.5 Å². The van der Waals surface area contributed by atoms with Gasteiger partial charge in [-0.05, 0) is 22.7 Å². The van der Waals surface area contributed by atoms with Gasteiger partial charge in [0.2, 0.25) is 0 Å². The van der Waals surface area contributed by atoms with Crippen molar-refractivity contribution in [3.05, 3.63) is 22.5 Å². The van der Waals surface area contributed by atoms with Crippen molar-refractivity contribution < 1.29 is 9.90 Å². The van der Waals surface area contributed by atoms with Crippen LogP contribution in [0.2, 0.25) is 0 Å². The molecule has 1 rings (SSSR count). The molecule has 1 aliphatic heterocycles. The highest BCUT2D eigenvalue weighted by atomic mass is 32.8. The zero-order valence-corrected chi connectivity index (χ0v) is 6.00. The van der Waals surface area contributed by atoms with Crippen LogP contribution >= 0.6 is 0 Å². The van der Waals surface area contributed by atoms with E-state index in [1.807, 2.05) is 0 Å². The summed E-state index contributed by atoms with van der Waals surface area (Å²) in [6, 6.07) is 0. The molecule has 9 heavy (non-hydrogen) atoms. The minimum absolute atomic E-state index is 0.213. The Hall–Kier alpha value is -0.480. The lowest BCUT2D eigenvalue weighted by atomic mass is 10.5. The summed E-state index contributed by atoms with van der Waals surface area (Å²) in [5.74, 6) is -1.15. The van der Waals surface area contributed by atoms with E-state index in [9.17, 15) is 9.90 Å². The van der Waals surface area contributed by atoms with E-state index >= 15 is 0 Å². The lowest BCUT2D eigenvalue weighted by Gasteiger charge is -1.88. The van der Waals surface area contributed by atoms with E-state index in [-0.39, 0.29) is 4.91 Å². The average Bonchev–Trinajstić information content (AvgIpc) is 2.13.